The third-order valence-corrected chi connectivity index (χ3v) is 3.73. The summed E-state index contributed by atoms with van der Waals surface area (Å²) in [4.78, 5) is 24.0. The molecule has 0 radical (unpaired) electrons. The van der Waals surface area contributed by atoms with Crippen molar-refractivity contribution in [1.82, 2.24) is 5.32 Å². The van der Waals surface area contributed by atoms with Crippen molar-refractivity contribution in [2.75, 3.05) is 11.9 Å². The first-order valence-corrected chi connectivity index (χ1v) is 8.09. The predicted octanol–water partition coefficient (Wildman–Crippen LogP) is 2.58. The average Bonchev–Trinajstić information content (AvgIpc) is 2.45. The predicted molar refractivity (Wildman–Crippen MR) is 92.4 cm³/mol. The number of aliphatic hydroxyl groups is 1. The van der Waals surface area contributed by atoms with E-state index in [1.54, 1.807) is 6.92 Å². The molecular formula is C18H28N2O3. The van der Waals surface area contributed by atoms with Crippen molar-refractivity contribution in [1.29, 1.82) is 0 Å². The van der Waals surface area contributed by atoms with Crippen LogP contribution in [0.1, 0.15) is 51.2 Å². The molecule has 2 atom stereocenters. The first-order valence-electron chi connectivity index (χ1n) is 8.09. The lowest BCUT2D eigenvalue weighted by molar-refractivity contribution is -0.136. The SMILES string of the molecule is Cc1cccc(C(C)C)c1NC(=O)C(=O)NCC(C)CC(C)O. The van der Waals surface area contributed by atoms with Crippen molar-refractivity contribution >= 4 is 17.5 Å². The summed E-state index contributed by atoms with van der Waals surface area (Å²) in [6.07, 6.45) is 0.160. The number of benzene rings is 1. The van der Waals surface area contributed by atoms with Crippen LogP contribution in [0.25, 0.3) is 0 Å². The van der Waals surface area contributed by atoms with E-state index in [0.29, 0.717) is 18.7 Å². The Labute approximate surface area is 138 Å². The molecule has 0 heterocycles. The molecule has 1 aromatic carbocycles. The Bertz CT molecular complexity index is 553. The standard InChI is InChI=1S/C18H28N2O3/c1-11(2)15-8-6-7-13(4)16(15)20-18(23)17(22)19-10-12(3)9-14(5)21/h6-8,11-12,14,21H,9-10H2,1-5H3,(H,19,22)(H,20,23). The van der Waals surface area contributed by atoms with Crippen molar-refractivity contribution in [2.45, 2.75) is 53.1 Å². The number of hydrogen-bond donors (Lipinski definition) is 3. The number of aliphatic hydroxyl groups excluding tert-OH is 1. The second-order valence-corrected chi connectivity index (χ2v) is 6.55. The highest BCUT2D eigenvalue weighted by molar-refractivity contribution is 6.39. The van der Waals surface area contributed by atoms with Gasteiger partial charge in [-0.1, -0.05) is 39.0 Å². The first kappa shape index (κ1) is 19.2. The molecule has 0 spiro atoms. The maximum absolute atomic E-state index is 12.1. The molecule has 0 aliphatic heterocycles. The lowest BCUT2D eigenvalue weighted by atomic mass is 9.98. The van der Waals surface area contributed by atoms with Crippen molar-refractivity contribution in [3.05, 3.63) is 29.3 Å². The van der Waals surface area contributed by atoms with E-state index in [9.17, 15) is 14.7 Å². The molecule has 1 aromatic rings. The van der Waals surface area contributed by atoms with Crippen LogP contribution in [0.5, 0.6) is 0 Å². The van der Waals surface area contributed by atoms with Gasteiger partial charge in [0, 0.05) is 12.2 Å². The van der Waals surface area contributed by atoms with E-state index in [2.05, 4.69) is 10.6 Å². The van der Waals surface area contributed by atoms with Crippen LogP contribution >= 0.6 is 0 Å². The molecule has 23 heavy (non-hydrogen) atoms. The van der Waals surface area contributed by atoms with Gasteiger partial charge in [-0.15, -0.1) is 0 Å². The number of aryl methyl sites for hydroxylation is 1. The van der Waals surface area contributed by atoms with Gasteiger partial charge in [0.05, 0.1) is 6.10 Å². The van der Waals surface area contributed by atoms with E-state index >= 15 is 0 Å². The maximum atomic E-state index is 12.1. The van der Waals surface area contributed by atoms with Gasteiger partial charge < -0.3 is 15.7 Å². The van der Waals surface area contributed by atoms with Crippen LogP contribution in [0.3, 0.4) is 0 Å². The van der Waals surface area contributed by atoms with Crippen molar-refractivity contribution in [3.63, 3.8) is 0 Å². The third kappa shape index (κ3) is 6.02. The van der Waals surface area contributed by atoms with Gasteiger partial charge in [-0.25, -0.2) is 0 Å². The summed E-state index contributed by atoms with van der Waals surface area (Å²) >= 11 is 0. The normalized spacial score (nSPS) is 13.5. The van der Waals surface area contributed by atoms with E-state index in [-0.39, 0.29) is 11.8 Å². The molecule has 2 unspecified atom stereocenters. The highest BCUT2D eigenvalue weighted by atomic mass is 16.3. The van der Waals surface area contributed by atoms with E-state index < -0.39 is 17.9 Å². The molecule has 1 rings (SSSR count). The minimum Gasteiger partial charge on any atom is -0.393 e. The van der Waals surface area contributed by atoms with Gasteiger partial charge in [0.2, 0.25) is 0 Å². The van der Waals surface area contributed by atoms with Crippen LogP contribution < -0.4 is 10.6 Å². The summed E-state index contributed by atoms with van der Waals surface area (Å²) < 4.78 is 0. The Morgan fingerprint density at radius 3 is 2.35 bits per heavy atom. The fraction of sp³-hybridized carbons (Fsp3) is 0.556. The zero-order chi connectivity index (χ0) is 17.6. The molecule has 0 saturated carbocycles. The molecule has 3 N–H and O–H groups in total. The van der Waals surface area contributed by atoms with Crippen molar-refractivity contribution < 1.29 is 14.7 Å². The molecule has 0 aliphatic rings. The largest absolute Gasteiger partial charge is 0.393 e. The van der Waals surface area contributed by atoms with Crippen molar-refractivity contribution in [3.8, 4) is 0 Å². The lowest BCUT2D eigenvalue weighted by Gasteiger charge is -2.17. The number of nitrogens with one attached hydrogen (secondary N) is 2. The van der Waals surface area contributed by atoms with E-state index in [4.69, 9.17) is 0 Å². The molecule has 0 aliphatic carbocycles. The van der Waals surface area contributed by atoms with Crippen LogP contribution in [0, 0.1) is 12.8 Å². The van der Waals surface area contributed by atoms with Gasteiger partial charge >= 0.3 is 11.8 Å². The molecule has 0 aromatic heterocycles. The summed E-state index contributed by atoms with van der Waals surface area (Å²) in [5.41, 5.74) is 2.65. The first-order chi connectivity index (χ1) is 10.7. The number of carbonyl (C=O) groups is 2. The van der Waals surface area contributed by atoms with E-state index in [1.807, 2.05) is 45.9 Å². The topological polar surface area (TPSA) is 78.4 Å². The fourth-order valence-corrected chi connectivity index (χ4v) is 2.53. The van der Waals surface area contributed by atoms with Crippen LogP contribution in [0.2, 0.25) is 0 Å². The number of rotatable bonds is 6. The highest BCUT2D eigenvalue weighted by Gasteiger charge is 2.18. The van der Waals surface area contributed by atoms with Gasteiger partial charge in [0.1, 0.15) is 0 Å². The Morgan fingerprint density at radius 1 is 1.13 bits per heavy atom. The molecule has 0 saturated heterocycles. The quantitative estimate of drug-likeness (QED) is 0.705. The third-order valence-electron chi connectivity index (χ3n) is 3.73. The molecule has 2 amide bonds. The van der Waals surface area contributed by atoms with Gasteiger partial charge in [-0.3, -0.25) is 9.59 Å². The molecular weight excluding hydrogens is 292 g/mol. The number of hydrogen-bond acceptors (Lipinski definition) is 3. The van der Waals surface area contributed by atoms with Crippen molar-refractivity contribution in [2.24, 2.45) is 5.92 Å². The number of amides is 2. The Hall–Kier alpha value is -1.88. The zero-order valence-electron chi connectivity index (χ0n) is 14.6. The van der Waals surface area contributed by atoms with E-state index in [1.165, 1.54) is 0 Å². The molecule has 0 bridgehead atoms. The monoisotopic (exact) mass is 320 g/mol. The van der Waals surface area contributed by atoms with Crippen LogP contribution in [0.15, 0.2) is 18.2 Å². The fourth-order valence-electron chi connectivity index (χ4n) is 2.53. The van der Waals surface area contributed by atoms with Crippen LogP contribution in [-0.2, 0) is 9.59 Å². The summed E-state index contributed by atoms with van der Waals surface area (Å²) in [7, 11) is 0. The van der Waals surface area contributed by atoms with Crippen LogP contribution in [-0.4, -0.2) is 29.6 Å². The minimum atomic E-state index is -0.662. The second-order valence-electron chi connectivity index (χ2n) is 6.55. The van der Waals surface area contributed by atoms with E-state index in [0.717, 1.165) is 11.1 Å². The molecule has 5 nitrogen and oxygen atoms in total. The highest BCUT2D eigenvalue weighted by Crippen LogP contribution is 2.27. The average molecular weight is 320 g/mol. The van der Waals surface area contributed by atoms with Gasteiger partial charge in [0.25, 0.3) is 0 Å². The Morgan fingerprint density at radius 2 is 1.78 bits per heavy atom. The number of carbonyl (C=O) groups excluding carboxylic acids is 2. The number of anilines is 1. The zero-order valence-corrected chi connectivity index (χ0v) is 14.6. The summed E-state index contributed by atoms with van der Waals surface area (Å²) in [6, 6.07) is 5.80. The smallest absolute Gasteiger partial charge is 0.313 e. The number of para-hydroxylation sites is 1. The van der Waals surface area contributed by atoms with Gasteiger partial charge in [-0.2, -0.15) is 0 Å². The summed E-state index contributed by atoms with van der Waals surface area (Å²) in [6.45, 7) is 9.98. The Balaban J connectivity index is 2.68. The molecule has 0 fully saturated rings. The summed E-state index contributed by atoms with van der Waals surface area (Å²) in [5, 5.41) is 14.7. The molecule has 128 valence electrons. The second kappa shape index (κ2) is 8.67. The minimum absolute atomic E-state index is 0.108. The van der Waals surface area contributed by atoms with Crippen LogP contribution in [0.4, 0.5) is 5.69 Å². The summed E-state index contributed by atoms with van der Waals surface area (Å²) in [5.74, 6) is -0.957. The van der Waals surface area contributed by atoms with Gasteiger partial charge in [-0.05, 0) is 43.2 Å². The lowest BCUT2D eigenvalue weighted by Crippen LogP contribution is -2.38. The van der Waals surface area contributed by atoms with Gasteiger partial charge in [0.15, 0.2) is 0 Å². The molecule has 5 heteroatoms. The maximum Gasteiger partial charge on any atom is 0.313 e. The Kier molecular flexibility index (Phi) is 7.23.